The Kier molecular flexibility index (Phi) is 5.15. The minimum absolute atomic E-state index is 0.0944. The zero-order valence-electron chi connectivity index (χ0n) is 15.9. The highest BCUT2D eigenvalue weighted by Gasteiger charge is 2.30. The van der Waals surface area contributed by atoms with E-state index < -0.39 is 5.97 Å². The number of piperazine rings is 1. The van der Waals surface area contributed by atoms with Gasteiger partial charge < -0.3 is 19.6 Å². The highest BCUT2D eigenvalue weighted by atomic mass is 16.5. The van der Waals surface area contributed by atoms with Crippen LogP contribution >= 0.6 is 0 Å². The number of ether oxygens (including phenoxy) is 1. The molecule has 0 bridgehead atoms. The van der Waals surface area contributed by atoms with E-state index in [4.69, 9.17) is 4.74 Å². The molecule has 0 radical (unpaired) electrons. The van der Waals surface area contributed by atoms with Gasteiger partial charge in [0.15, 0.2) is 0 Å². The summed E-state index contributed by atoms with van der Waals surface area (Å²) in [5.74, 6) is -0.346. The van der Waals surface area contributed by atoms with E-state index in [1.807, 2.05) is 18.2 Å². The second-order valence-corrected chi connectivity index (χ2v) is 7.28. The molecule has 0 spiro atoms. The molecule has 1 amide bonds. The Balaban J connectivity index is 1.37. The van der Waals surface area contributed by atoms with Crippen molar-refractivity contribution >= 4 is 28.5 Å². The van der Waals surface area contributed by atoms with Gasteiger partial charge in [0.2, 0.25) is 5.91 Å². The van der Waals surface area contributed by atoms with E-state index in [1.165, 1.54) is 7.11 Å². The normalized spacial score (nSPS) is 18.2. The topological polar surface area (TPSA) is 86.2 Å². The summed E-state index contributed by atoms with van der Waals surface area (Å²) in [4.78, 5) is 34.3. The first kappa shape index (κ1) is 18.6. The van der Waals surface area contributed by atoms with E-state index in [9.17, 15) is 14.7 Å². The zero-order valence-corrected chi connectivity index (χ0v) is 15.9. The average Bonchev–Trinajstić information content (AvgIpc) is 2.70. The van der Waals surface area contributed by atoms with Crippen molar-refractivity contribution in [2.24, 2.45) is 0 Å². The standard InChI is InChI=1S/C20H24N4O4/c1-28-20(27)18-4-2-14-10-15(3-5-17(14)21-18)23-8-6-22(7-9-23)13-19(26)24-11-16(25)12-24/h2-5,10,16,25H,6-9,11-13H2,1H3. The minimum Gasteiger partial charge on any atom is -0.464 e. The molecular formula is C20H24N4O4. The predicted molar refractivity (Wildman–Crippen MR) is 104 cm³/mol. The third-order valence-corrected chi connectivity index (χ3v) is 5.38. The van der Waals surface area contributed by atoms with Crippen molar-refractivity contribution in [3.8, 4) is 0 Å². The largest absolute Gasteiger partial charge is 0.464 e. The molecule has 148 valence electrons. The van der Waals surface area contributed by atoms with Gasteiger partial charge in [-0.05, 0) is 24.3 Å². The maximum atomic E-state index is 12.2. The molecule has 1 aromatic carbocycles. The number of hydrogen-bond donors (Lipinski definition) is 1. The Labute approximate surface area is 163 Å². The lowest BCUT2D eigenvalue weighted by Gasteiger charge is -2.39. The number of aliphatic hydroxyl groups is 1. The van der Waals surface area contributed by atoms with Crippen molar-refractivity contribution in [3.05, 3.63) is 36.0 Å². The number of amides is 1. The Bertz CT molecular complexity index is 889. The number of rotatable bonds is 4. The van der Waals surface area contributed by atoms with Crippen molar-refractivity contribution < 1.29 is 19.4 Å². The third kappa shape index (κ3) is 3.79. The minimum atomic E-state index is -0.440. The smallest absolute Gasteiger partial charge is 0.356 e. The van der Waals surface area contributed by atoms with E-state index in [0.717, 1.165) is 42.8 Å². The molecule has 2 aliphatic heterocycles. The number of carbonyl (C=O) groups is 2. The number of nitrogens with zero attached hydrogens (tertiary/aromatic N) is 4. The van der Waals surface area contributed by atoms with Crippen molar-refractivity contribution in [1.29, 1.82) is 0 Å². The van der Waals surface area contributed by atoms with Crippen LogP contribution in [0.4, 0.5) is 5.69 Å². The number of hydrogen-bond acceptors (Lipinski definition) is 7. The number of likely N-dealkylation sites (tertiary alicyclic amines) is 1. The lowest BCUT2D eigenvalue weighted by atomic mass is 10.1. The number of aliphatic hydroxyl groups excluding tert-OH is 1. The maximum Gasteiger partial charge on any atom is 0.356 e. The van der Waals surface area contributed by atoms with Crippen molar-refractivity contribution in [3.63, 3.8) is 0 Å². The first-order valence-electron chi connectivity index (χ1n) is 9.46. The first-order chi connectivity index (χ1) is 13.5. The Morgan fingerprint density at radius 3 is 2.57 bits per heavy atom. The van der Waals surface area contributed by atoms with Crippen molar-refractivity contribution in [2.75, 3.05) is 57.8 Å². The van der Waals surface area contributed by atoms with Gasteiger partial charge in [0.1, 0.15) is 5.69 Å². The zero-order chi connectivity index (χ0) is 19.7. The summed E-state index contributed by atoms with van der Waals surface area (Å²) in [6.45, 7) is 4.66. The van der Waals surface area contributed by atoms with Gasteiger partial charge in [0, 0.05) is 50.3 Å². The summed E-state index contributed by atoms with van der Waals surface area (Å²) in [6, 6.07) is 9.56. The van der Waals surface area contributed by atoms with Gasteiger partial charge in [-0.15, -0.1) is 0 Å². The maximum absolute atomic E-state index is 12.2. The van der Waals surface area contributed by atoms with Crippen LogP contribution in [0.2, 0.25) is 0 Å². The summed E-state index contributed by atoms with van der Waals surface area (Å²) in [7, 11) is 1.34. The number of methoxy groups -OCH3 is 1. The van der Waals surface area contributed by atoms with Crippen LogP contribution in [-0.2, 0) is 9.53 Å². The third-order valence-electron chi connectivity index (χ3n) is 5.38. The van der Waals surface area contributed by atoms with E-state index >= 15 is 0 Å². The van der Waals surface area contributed by atoms with E-state index in [-0.39, 0.29) is 12.0 Å². The Morgan fingerprint density at radius 1 is 1.14 bits per heavy atom. The molecule has 2 aliphatic rings. The van der Waals surface area contributed by atoms with Crippen molar-refractivity contribution in [1.82, 2.24) is 14.8 Å². The molecule has 3 heterocycles. The summed E-state index contributed by atoms with van der Waals surface area (Å²) in [5.41, 5.74) is 2.17. The number of carbonyl (C=O) groups excluding carboxylic acids is 2. The van der Waals surface area contributed by atoms with Crippen LogP contribution in [0, 0.1) is 0 Å². The van der Waals surface area contributed by atoms with Gasteiger partial charge in [-0.25, -0.2) is 9.78 Å². The van der Waals surface area contributed by atoms with E-state index in [1.54, 1.807) is 11.0 Å². The molecule has 0 atom stereocenters. The van der Waals surface area contributed by atoms with Gasteiger partial charge in [-0.3, -0.25) is 9.69 Å². The molecule has 0 aliphatic carbocycles. The van der Waals surface area contributed by atoms with Gasteiger partial charge in [-0.1, -0.05) is 6.07 Å². The lowest BCUT2D eigenvalue weighted by Crippen LogP contribution is -2.57. The van der Waals surface area contributed by atoms with Gasteiger partial charge >= 0.3 is 5.97 Å². The molecule has 1 aromatic heterocycles. The molecule has 8 heteroatoms. The fourth-order valence-electron chi connectivity index (χ4n) is 3.64. The summed E-state index contributed by atoms with van der Waals surface area (Å²) >= 11 is 0. The summed E-state index contributed by atoms with van der Waals surface area (Å²) in [5, 5.41) is 10.3. The average molecular weight is 384 g/mol. The van der Waals surface area contributed by atoms with Crippen LogP contribution in [0.25, 0.3) is 10.9 Å². The number of pyridine rings is 1. The summed E-state index contributed by atoms with van der Waals surface area (Å²) < 4.78 is 4.72. The molecule has 8 nitrogen and oxygen atoms in total. The van der Waals surface area contributed by atoms with Gasteiger partial charge in [-0.2, -0.15) is 0 Å². The van der Waals surface area contributed by atoms with E-state index in [2.05, 4.69) is 20.9 Å². The molecule has 1 N–H and O–H groups in total. The molecule has 0 saturated carbocycles. The second-order valence-electron chi connectivity index (χ2n) is 7.28. The van der Waals surface area contributed by atoms with Crippen LogP contribution in [0.15, 0.2) is 30.3 Å². The molecular weight excluding hydrogens is 360 g/mol. The molecule has 0 unspecified atom stereocenters. The van der Waals surface area contributed by atoms with Crippen LogP contribution in [0.5, 0.6) is 0 Å². The fraction of sp³-hybridized carbons (Fsp3) is 0.450. The molecule has 28 heavy (non-hydrogen) atoms. The van der Waals surface area contributed by atoms with E-state index in [0.29, 0.717) is 25.3 Å². The Morgan fingerprint density at radius 2 is 1.89 bits per heavy atom. The number of β-amino-alcohol motifs (C(OH)–C–C–N with tert-alkyl or cyclic N) is 1. The highest BCUT2D eigenvalue weighted by molar-refractivity contribution is 5.91. The number of aromatic nitrogens is 1. The molecule has 2 aromatic rings. The van der Waals surface area contributed by atoms with Crippen LogP contribution in [0.1, 0.15) is 10.5 Å². The number of anilines is 1. The monoisotopic (exact) mass is 384 g/mol. The SMILES string of the molecule is COC(=O)c1ccc2cc(N3CCN(CC(=O)N4CC(O)C4)CC3)ccc2n1. The lowest BCUT2D eigenvalue weighted by molar-refractivity contribution is -0.142. The number of esters is 1. The predicted octanol–water partition coefficient (Wildman–Crippen LogP) is 0.346. The summed E-state index contributed by atoms with van der Waals surface area (Å²) in [6.07, 6.45) is -0.355. The van der Waals surface area contributed by atoms with Crippen LogP contribution in [-0.4, -0.2) is 90.8 Å². The van der Waals surface area contributed by atoms with Gasteiger partial charge in [0.25, 0.3) is 0 Å². The highest BCUT2D eigenvalue weighted by Crippen LogP contribution is 2.23. The molecule has 2 fully saturated rings. The van der Waals surface area contributed by atoms with Crippen molar-refractivity contribution in [2.45, 2.75) is 6.10 Å². The van der Waals surface area contributed by atoms with Crippen LogP contribution in [0.3, 0.4) is 0 Å². The van der Waals surface area contributed by atoms with Gasteiger partial charge in [0.05, 0.1) is 25.3 Å². The Hall–Kier alpha value is -2.71. The van der Waals surface area contributed by atoms with Crippen LogP contribution < -0.4 is 4.90 Å². The molecule has 2 saturated heterocycles. The number of benzene rings is 1. The first-order valence-corrected chi connectivity index (χ1v) is 9.46. The second kappa shape index (κ2) is 7.73. The fourth-order valence-corrected chi connectivity index (χ4v) is 3.64. The number of fused-ring (bicyclic) bond motifs is 1. The molecule has 4 rings (SSSR count). The quantitative estimate of drug-likeness (QED) is 0.761.